The zero-order chi connectivity index (χ0) is 27.6. The van der Waals surface area contributed by atoms with Crippen LogP contribution >= 0.6 is 0 Å². The predicted octanol–water partition coefficient (Wildman–Crippen LogP) is 6.31. The molecule has 0 radical (unpaired) electrons. The van der Waals surface area contributed by atoms with Crippen LogP contribution in [-0.4, -0.2) is 30.4 Å². The Balaban J connectivity index is 1.18. The molecule has 40 heavy (non-hydrogen) atoms. The minimum absolute atomic E-state index is 0.142. The molecule has 7 nitrogen and oxygen atoms in total. The van der Waals surface area contributed by atoms with Crippen LogP contribution in [0.1, 0.15) is 57.5 Å². The summed E-state index contributed by atoms with van der Waals surface area (Å²) >= 11 is 0. The minimum atomic E-state index is -0.341. The molecule has 0 spiro atoms. The number of amides is 2. The first-order chi connectivity index (χ1) is 19.5. The maximum absolute atomic E-state index is 13.3. The number of aryl methyl sites for hydroxylation is 1. The summed E-state index contributed by atoms with van der Waals surface area (Å²) in [6, 6.07) is 24.8. The van der Waals surface area contributed by atoms with Gasteiger partial charge in [0.25, 0.3) is 5.91 Å². The van der Waals surface area contributed by atoms with E-state index in [1.807, 2.05) is 6.07 Å². The molecular formula is C33H32N2O5. The van der Waals surface area contributed by atoms with E-state index in [0.717, 1.165) is 36.9 Å². The van der Waals surface area contributed by atoms with Crippen molar-refractivity contribution in [1.82, 2.24) is 4.90 Å². The van der Waals surface area contributed by atoms with Crippen molar-refractivity contribution in [2.75, 3.05) is 19.0 Å². The quantitative estimate of drug-likeness (QED) is 0.285. The lowest BCUT2D eigenvalue weighted by atomic mass is 9.87. The van der Waals surface area contributed by atoms with Crippen molar-refractivity contribution in [2.45, 2.75) is 38.8 Å². The van der Waals surface area contributed by atoms with Gasteiger partial charge in [-0.25, -0.2) is 0 Å². The average Bonchev–Trinajstić information content (AvgIpc) is 3.72. The van der Waals surface area contributed by atoms with Crippen molar-refractivity contribution in [1.29, 1.82) is 0 Å². The molecule has 1 N–H and O–H groups in total. The molecular weight excluding hydrogens is 504 g/mol. The Hall–Kier alpha value is -4.52. The van der Waals surface area contributed by atoms with Crippen molar-refractivity contribution >= 4 is 17.5 Å². The Bertz CT molecular complexity index is 1540. The first kappa shape index (κ1) is 25.7. The molecule has 2 heterocycles. The average molecular weight is 537 g/mol. The second kappa shape index (κ2) is 10.9. The third-order valence-electron chi connectivity index (χ3n) is 7.53. The number of benzene rings is 3. The van der Waals surface area contributed by atoms with Gasteiger partial charge in [-0.05, 0) is 91.4 Å². The van der Waals surface area contributed by atoms with Crippen molar-refractivity contribution in [3.8, 4) is 11.5 Å². The fourth-order valence-corrected chi connectivity index (χ4v) is 5.28. The van der Waals surface area contributed by atoms with Gasteiger partial charge in [0.05, 0.1) is 13.2 Å². The summed E-state index contributed by atoms with van der Waals surface area (Å²) in [5.41, 5.74) is 5.26. The second-order valence-corrected chi connectivity index (χ2v) is 10.5. The number of hydrogen-bond acceptors (Lipinski definition) is 5. The first-order valence-electron chi connectivity index (χ1n) is 13.7. The number of anilines is 1. The SMILES string of the molecule is COc1ccc(NC(=O)c2ccc(COc3ccc4c(c3)[C@H](c3cccc(C)c3)N(C(=O)C3CC3)CC4)o2)cc1. The van der Waals surface area contributed by atoms with E-state index in [1.54, 1.807) is 43.5 Å². The molecule has 1 aromatic heterocycles. The van der Waals surface area contributed by atoms with E-state index in [0.29, 0.717) is 22.9 Å². The maximum Gasteiger partial charge on any atom is 0.291 e. The van der Waals surface area contributed by atoms with Crippen LogP contribution in [0.15, 0.2) is 83.3 Å². The molecule has 3 aromatic carbocycles. The molecule has 6 rings (SSSR count). The van der Waals surface area contributed by atoms with Crippen LogP contribution < -0.4 is 14.8 Å². The normalized spacial score (nSPS) is 16.2. The third kappa shape index (κ3) is 5.45. The number of furan rings is 1. The number of fused-ring (bicyclic) bond motifs is 1. The standard InChI is InChI=1S/C33H32N2O5/c1-21-4-3-5-24(18-21)31-29-19-27(11-8-22(29)16-17-35(31)33(37)23-6-7-23)39-20-28-14-15-30(40-28)32(36)34-25-9-12-26(38-2)13-10-25/h3-5,8-15,18-19,23,31H,6-7,16-17,20H2,1-2H3,(H,34,36)/t31-/m0/s1. The monoisotopic (exact) mass is 536 g/mol. The maximum atomic E-state index is 13.3. The van der Waals surface area contributed by atoms with Crippen molar-refractivity contribution in [3.05, 3.63) is 113 Å². The molecule has 2 aliphatic rings. The zero-order valence-electron chi connectivity index (χ0n) is 22.7. The molecule has 1 saturated carbocycles. The molecule has 1 atom stereocenters. The van der Waals surface area contributed by atoms with Gasteiger partial charge in [0.1, 0.15) is 23.9 Å². The Labute approximate surface area is 233 Å². The molecule has 204 valence electrons. The summed E-state index contributed by atoms with van der Waals surface area (Å²) in [4.78, 5) is 28.0. The number of nitrogens with zero attached hydrogens (tertiary/aromatic N) is 1. The topological polar surface area (TPSA) is 81.0 Å². The van der Waals surface area contributed by atoms with E-state index in [2.05, 4.69) is 53.5 Å². The first-order valence-corrected chi connectivity index (χ1v) is 13.7. The zero-order valence-corrected chi connectivity index (χ0v) is 22.7. The van der Waals surface area contributed by atoms with E-state index < -0.39 is 0 Å². The van der Waals surface area contributed by atoms with E-state index in [-0.39, 0.29) is 36.1 Å². The van der Waals surface area contributed by atoms with E-state index in [4.69, 9.17) is 13.9 Å². The number of ether oxygens (including phenoxy) is 2. The summed E-state index contributed by atoms with van der Waals surface area (Å²) < 4.78 is 17.0. The molecule has 0 bridgehead atoms. The molecule has 7 heteroatoms. The number of carbonyl (C=O) groups is 2. The fraction of sp³-hybridized carbons (Fsp3) is 0.273. The molecule has 4 aromatic rings. The van der Waals surface area contributed by atoms with Gasteiger partial charge in [0.15, 0.2) is 5.76 Å². The van der Waals surface area contributed by atoms with Gasteiger partial charge in [0, 0.05) is 18.2 Å². The number of nitrogens with one attached hydrogen (secondary N) is 1. The van der Waals surface area contributed by atoms with Crippen molar-refractivity contribution in [3.63, 3.8) is 0 Å². The van der Waals surface area contributed by atoms with Crippen LogP contribution in [-0.2, 0) is 17.8 Å². The van der Waals surface area contributed by atoms with Gasteiger partial charge in [-0.2, -0.15) is 0 Å². The summed E-state index contributed by atoms with van der Waals surface area (Å²) in [7, 11) is 1.59. The van der Waals surface area contributed by atoms with Gasteiger partial charge in [-0.1, -0.05) is 35.9 Å². The molecule has 1 aliphatic carbocycles. The number of rotatable bonds is 8. The van der Waals surface area contributed by atoms with Gasteiger partial charge < -0.3 is 24.1 Å². The summed E-state index contributed by atoms with van der Waals surface area (Å²) in [6.07, 6.45) is 2.78. The van der Waals surface area contributed by atoms with Gasteiger partial charge >= 0.3 is 0 Å². The molecule has 0 saturated heterocycles. The van der Waals surface area contributed by atoms with Crippen molar-refractivity contribution < 1.29 is 23.5 Å². The Morgan fingerprint density at radius 2 is 1.77 bits per heavy atom. The lowest BCUT2D eigenvalue weighted by molar-refractivity contribution is -0.134. The molecule has 1 fully saturated rings. The molecule has 2 amide bonds. The van der Waals surface area contributed by atoms with Crippen LogP contribution in [0.2, 0.25) is 0 Å². The Morgan fingerprint density at radius 3 is 2.52 bits per heavy atom. The highest BCUT2D eigenvalue weighted by molar-refractivity contribution is 6.02. The lowest BCUT2D eigenvalue weighted by Gasteiger charge is -2.38. The highest BCUT2D eigenvalue weighted by atomic mass is 16.5. The summed E-state index contributed by atoms with van der Waals surface area (Å²) in [5, 5.41) is 2.82. The van der Waals surface area contributed by atoms with Crippen LogP contribution in [0.4, 0.5) is 5.69 Å². The van der Waals surface area contributed by atoms with E-state index in [9.17, 15) is 9.59 Å². The Kier molecular flexibility index (Phi) is 7.03. The third-order valence-corrected chi connectivity index (χ3v) is 7.53. The molecule has 0 unspecified atom stereocenters. The molecule has 1 aliphatic heterocycles. The highest BCUT2D eigenvalue weighted by Crippen LogP contribution is 2.41. The van der Waals surface area contributed by atoms with E-state index in [1.165, 1.54) is 11.1 Å². The predicted molar refractivity (Wildman–Crippen MR) is 152 cm³/mol. The smallest absolute Gasteiger partial charge is 0.291 e. The van der Waals surface area contributed by atoms with Gasteiger partial charge in [-0.15, -0.1) is 0 Å². The van der Waals surface area contributed by atoms with E-state index >= 15 is 0 Å². The second-order valence-electron chi connectivity index (χ2n) is 10.5. The highest BCUT2D eigenvalue weighted by Gasteiger charge is 2.39. The van der Waals surface area contributed by atoms with Gasteiger partial charge in [-0.3, -0.25) is 9.59 Å². The number of carbonyl (C=O) groups excluding carboxylic acids is 2. The number of hydrogen-bond donors (Lipinski definition) is 1. The Morgan fingerprint density at radius 1 is 0.975 bits per heavy atom. The van der Waals surface area contributed by atoms with Crippen LogP contribution in [0.25, 0.3) is 0 Å². The van der Waals surface area contributed by atoms with Gasteiger partial charge in [0.2, 0.25) is 5.91 Å². The fourth-order valence-electron chi connectivity index (χ4n) is 5.28. The van der Waals surface area contributed by atoms with Crippen LogP contribution in [0, 0.1) is 12.8 Å². The summed E-state index contributed by atoms with van der Waals surface area (Å²) in [6.45, 7) is 2.97. The number of methoxy groups -OCH3 is 1. The van der Waals surface area contributed by atoms with Crippen LogP contribution in [0.3, 0.4) is 0 Å². The largest absolute Gasteiger partial charge is 0.497 e. The van der Waals surface area contributed by atoms with Crippen molar-refractivity contribution in [2.24, 2.45) is 5.92 Å². The summed E-state index contributed by atoms with van der Waals surface area (Å²) in [5.74, 6) is 2.21. The minimum Gasteiger partial charge on any atom is -0.497 e. The van der Waals surface area contributed by atoms with Crippen LogP contribution in [0.5, 0.6) is 11.5 Å². The lowest BCUT2D eigenvalue weighted by Crippen LogP contribution is -2.41.